The summed E-state index contributed by atoms with van der Waals surface area (Å²) in [7, 11) is 0. The second kappa shape index (κ2) is 3.89. The van der Waals surface area contributed by atoms with E-state index in [9.17, 15) is 0 Å². The molecule has 17 heavy (non-hydrogen) atoms. The summed E-state index contributed by atoms with van der Waals surface area (Å²) in [4.78, 5) is 4.68. The minimum absolute atomic E-state index is 0. The molecule has 1 aliphatic carbocycles. The summed E-state index contributed by atoms with van der Waals surface area (Å²) in [6, 6.07) is 17.6. The number of benzene rings is 2. The summed E-state index contributed by atoms with van der Waals surface area (Å²) in [6.45, 7) is 0. The van der Waals surface area contributed by atoms with Crippen LogP contribution in [-0.2, 0) is 26.2 Å². The first-order chi connectivity index (χ1) is 7.93. The van der Waals surface area contributed by atoms with Crippen LogP contribution in [0.2, 0.25) is 0 Å². The van der Waals surface area contributed by atoms with E-state index in [4.69, 9.17) is 0 Å². The van der Waals surface area contributed by atoms with E-state index in [1.54, 1.807) is 0 Å². The van der Waals surface area contributed by atoms with Crippen molar-refractivity contribution >= 4 is 23.0 Å². The van der Waals surface area contributed by atoms with Crippen LogP contribution in [0, 0.1) is 6.07 Å². The Balaban J connectivity index is 0.000000902. The van der Waals surface area contributed by atoms with Crippen LogP contribution in [-0.4, -0.2) is 5.71 Å². The molecule has 0 atom stereocenters. The van der Waals surface area contributed by atoms with Crippen molar-refractivity contribution in [1.29, 1.82) is 0 Å². The molecule has 0 aromatic heterocycles. The Kier molecular flexibility index (Phi) is 2.48. The quantitative estimate of drug-likeness (QED) is 0.660. The van der Waals surface area contributed by atoms with Crippen LogP contribution in [0.1, 0.15) is 16.7 Å². The van der Waals surface area contributed by atoms with Crippen LogP contribution in [0.3, 0.4) is 0 Å². The summed E-state index contributed by atoms with van der Waals surface area (Å²) >= 11 is 0. The summed E-state index contributed by atoms with van der Waals surface area (Å²) in [5.74, 6) is 0. The normalized spacial score (nSPS) is 14.1. The number of nitrogens with zero attached hydrogens (tertiary/aromatic N) is 1. The molecule has 1 nitrogen and oxygen atoms in total. The second-order valence-electron chi connectivity index (χ2n) is 4.03. The van der Waals surface area contributed by atoms with Crippen molar-refractivity contribution in [3.63, 3.8) is 0 Å². The van der Waals surface area contributed by atoms with Gasteiger partial charge in [-0.1, -0.05) is 23.8 Å². The van der Waals surface area contributed by atoms with E-state index in [1.807, 2.05) is 18.2 Å². The Labute approximate surface area is 119 Å². The summed E-state index contributed by atoms with van der Waals surface area (Å²) in [5.41, 5.74) is 7.03. The van der Waals surface area contributed by atoms with Crippen molar-refractivity contribution in [3.05, 3.63) is 65.2 Å². The Morgan fingerprint density at radius 3 is 2.71 bits per heavy atom. The van der Waals surface area contributed by atoms with Gasteiger partial charge in [0.15, 0.2) is 0 Å². The monoisotopic (exact) mass is 292 g/mol. The standard InChI is InChI=1S/C15H8N.Zr/c1-2-6-11-10(5-1)9-13-12-7-3-4-8-14(12)16-15(11)13;/h1-4,6-9H;/q-1;+2. The van der Waals surface area contributed by atoms with Gasteiger partial charge in [-0.25, -0.2) is 0 Å². The predicted molar refractivity (Wildman–Crippen MR) is 65.8 cm³/mol. The summed E-state index contributed by atoms with van der Waals surface area (Å²) in [6.07, 6.45) is 2.18. The maximum absolute atomic E-state index is 4.68. The van der Waals surface area contributed by atoms with Crippen molar-refractivity contribution in [2.45, 2.75) is 0 Å². The molecule has 0 amide bonds. The summed E-state index contributed by atoms with van der Waals surface area (Å²) in [5, 5.41) is 0. The van der Waals surface area contributed by atoms with Gasteiger partial charge in [0.1, 0.15) is 0 Å². The number of allylic oxidation sites excluding steroid dienone is 1. The predicted octanol–water partition coefficient (Wildman–Crippen LogP) is 3.47. The zero-order valence-corrected chi connectivity index (χ0v) is 11.5. The molecular weight excluding hydrogens is 285 g/mol. The zero-order chi connectivity index (χ0) is 10.5. The Bertz CT molecular complexity index is 609. The molecule has 0 fully saturated rings. The fourth-order valence-electron chi connectivity index (χ4n) is 2.38. The van der Waals surface area contributed by atoms with Gasteiger partial charge < -0.3 is 0 Å². The summed E-state index contributed by atoms with van der Waals surface area (Å²) < 4.78 is 0. The Hall–Kier alpha value is -1.27. The average molecular weight is 293 g/mol. The number of fused-ring (bicyclic) bond motifs is 5. The molecule has 0 radical (unpaired) electrons. The van der Waals surface area contributed by atoms with Gasteiger partial charge in [0.25, 0.3) is 0 Å². The third-order valence-corrected chi connectivity index (χ3v) is 3.11. The Morgan fingerprint density at radius 2 is 1.76 bits per heavy atom. The molecule has 0 spiro atoms. The molecule has 1 aliphatic heterocycles. The first-order valence-electron chi connectivity index (χ1n) is 5.35. The fourth-order valence-corrected chi connectivity index (χ4v) is 2.38. The van der Waals surface area contributed by atoms with Crippen molar-refractivity contribution in [1.82, 2.24) is 0 Å². The first-order valence-corrected chi connectivity index (χ1v) is 5.35. The van der Waals surface area contributed by atoms with Gasteiger partial charge in [0.2, 0.25) is 0 Å². The molecule has 0 saturated carbocycles. The van der Waals surface area contributed by atoms with E-state index < -0.39 is 0 Å². The molecule has 2 aromatic rings. The molecule has 0 N–H and O–H groups in total. The van der Waals surface area contributed by atoms with Crippen LogP contribution >= 0.6 is 0 Å². The second-order valence-corrected chi connectivity index (χ2v) is 4.03. The third-order valence-electron chi connectivity index (χ3n) is 3.11. The van der Waals surface area contributed by atoms with E-state index in [0.717, 1.165) is 17.0 Å². The maximum atomic E-state index is 4.68. The van der Waals surface area contributed by atoms with E-state index in [1.165, 1.54) is 16.7 Å². The molecular formula is C15H8NZr+. The topological polar surface area (TPSA) is 12.4 Å². The average Bonchev–Trinajstić information content (AvgIpc) is 2.85. The number of rotatable bonds is 0. The van der Waals surface area contributed by atoms with Crippen molar-refractivity contribution in [2.75, 3.05) is 0 Å². The molecule has 2 heteroatoms. The third kappa shape index (κ3) is 1.44. The van der Waals surface area contributed by atoms with Crippen LogP contribution < -0.4 is 0 Å². The van der Waals surface area contributed by atoms with Crippen LogP contribution in [0.25, 0.3) is 11.6 Å². The van der Waals surface area contributed by atoms with Gasteiger partial charge in [-0.2, -0.15) is 0 Å². The minimum Gasteiger partial charge on any atom is -0.258 e. The van der Waals surface area contributed by atoms with Gasteiger partial charge in [-0.15, -0.1) is 35.9 Å². The van der Waals surface area contributed by atoms with Gasteiger partial charge in [-0.05, 0) is 17.2 Å². The SMILES string of the molecule is [Zr+2].[c-]1cccc2c1C=C1C2=Nc2ccccc21. The maximum Gasteiger partial charge on any atom is 2.00 e. The fraction of sp³-hybridized carbons (Fsp3) is 0. The number of hydrogen-bond acceptors (Lipinski definition) is 1. The van der Waals surface area contributed by atoms with E-state index in [2.05, 4.69) is 41.4 Å². The molecule has 0 saturated heterocycles. The molecule has 0 bridgehead atoms. The van der Waals surface area contributed by atoms with Gasteiger partial charge in [0, 0.05) is 5.71 Å². The number of para-hydroxylation sites is 1. The largest absolute Gasteiger partial charge is 2.00 e. The number of hydrogen-bond donors (Lipinski definition) is 0. The molecule has 2 aromatic carbocycles. The van der Waals surface area contributed by atoms with Crippen LogP contribution in [0.5, 0.6) is 0 Å². The Morgan fingerprint density at radius 1 is 0.941 bits per heavy atom. The molecule has 4 rings (SSSR count). The van der Waals surface area contributed by atoms with Crippen LogP contribution in [0.15, 0.2) is 47.5 Å². The van der Waals surface area contributed by atoms with Crippen LogP contribution in [0.4, 0.5) is 5.69 Å². The van der Waals surface area contributed by atoms with Gasteiger partial charge >= 0.3 is 26.2 Å². The zero-order valence-electron chi connectivity index (χ0n) is 9.07. The minimum atomic E-state index is 0. The van der Waals surface area contributed by atoms with Crippen molar-refractivity contribution in [3.8, 4) is 0 Å². The van der Waals surface area contributed by atoms with E-state index in [0.29, 0.717) is 0 Å². The number of aliphatic imine (C=N–C) groups is 1. The first kappa shape index (κ1) is 10.9. The van der Waals surface area contributed by atoms with Crippen molar-refractivity contribution < 1.29 is 26.2 Å². The molecule has 1 heterocycles. The smallest absolute Gasteiger partial charge is 0.258 e. The van der Waals surface area contributed by atoms with E-state index >= 15 is 0 Å². The van der Waals surface area contributed by atoms with Crippen molar-refractivity contribution in [2.24, 2.45) is 4.99 Å². The van der Waals surface area contributed by atoms with E-state index in [-0.39, 0.29) is 26.2 Å². The molecule has 76 valence electrons. The molecule has 0 unspecified atom stereocenters. The molecule has 2 aliphatic rings. The van der Waals surface area contributed by atoms with Gasteiger partial charge in [0.05, 0.1) is 5.69 Å². The van der Waals surface area contributed by atoms with Gasteiger partial charge in [-0.3, -0.25) is 4.99 Å².